The van der Waals surface area contributed by atoms with Crippen LogP contribution in [-0.4, -0.2) is 86.7 Å². The second-order valence-corrected chi connectivity index (χ2v) is 7.52. The van der Waals surface area contributed by atoms with Crippen LogP contribution in [0, 0.1) is 0 Å². The number of hydrogen-bond donors (Lipinski definition) is 2. The fourth-order valence-corrected chi connectivity index (χ4v) is 3.21. The molecule has 1 atom stereocenters. The Bertz CT molecular complexity index is 439. The lowest BCUT2D eigenvalue weighted by Crippen LogP contribution is -2.51. The number of hydrogen-bond acceptors (Lipinski definition) is 4. The van der Waals surface area contributed by atoms with Gasteiger partial charge in [0.2, 0.25) is 5.91 Å². The van der Waals surface area contributed by atoms with E-state index < -0.39 is 0 Å². The smallest absolute Gasteiger partial charge is 0.243 e. The number of nitrogens with one attached hydrogen (secondary N) is 2. The van der Waals surface area contributed by atoms with Crippen LogP contribution in [0.3, 0.4) is 0 Å². The average Bonchev–Trinajstić information content (AvgIpc) is 3.10. The molecule has 2 fully saturated rings. The van der Waals surface area contributed by atoms with E-state index in [-0.39, 0.29) is 18.6 Å². The lowest BCUT2D eigenvalue weighted by Gasteiger charge is -2.35. The Balaban J connectivity index is 1.86. The number of likely N-dealkylation sites (tertiary alicyclic amines) is 1. The first-order chi connectivity index (χ1) is 12.0. The summed E-state index contributed by atoms with van der Waals surface area (Å²) in [7, 11) is 3.51. The van der Waals surface area contributed by atoms with Crippen molar-refractivity contribution in [3.63, 3.8) is 0 Å². The number of carbonyl (C=O) groups excluding carboxylic acids is 1. The van der Waals surface area contributed by atoms with Gasteiger partial charge in [-0.1, -0.05) is 0 Å². The molecule has 0 aromatic rings. The van der Waals surface area contributed by atoms with E-state index in [1.807, 2.05) is 0 Å². The van der Waals surface area contributed by atoms with Crippen LogP contribution in [0.5, 0.6) is 0 Å². The van der Waals surface area contributed by atoms with Crippen molar-refractivity contribution in [2.24, 2.45) is 4.99 Å². The first-order valence-electron chi connectivity index (χ1n) is 9.56. The molecule has 2 heterocycles. The van der Waals surface area contributed by atoms with Gasteiger partial charge in [-0.2, -0.15) is 0 Å². The number of ether oxygens (including phenoxy) is 1. The Hall–Kier alpha value is -1.34. The fraction of sp³-hybridized carbons (Fsp3) is 0.889. The maximum absolute atomic E-state index is 11.8. The molecule has 0 aromatic carbocycles. The number of likely N-dealkylation sites (N-methyl/N-ethyl adjacent to an activating group) is 1. The summed E-state index contributed by atoms with van der Waals surface area (Å²) >= 11 is 0. The lowest BCUT2D eigenvalue weighted by atomic mass is 10.0. The van der Waals surface area contributed by atoms with E-state index in [0.29, 0.717) is 12.1 Å². The minimum atomic E-state index is 0.00726. The second-order valence-electron chi connectivity index (χ2n) is 7.52. The summed E-state index contributed by atoms with van der Waals surface area (Å²) in [5.74, 6) is 0.738. The SMILES string of the molecule is CC(C)N1CCC(NC(=NCC(=O)N(C)C)NCC2CCCO2)CC1. The molecule has 0 radical (unpaired) electrons. The number of guanidine groups is 1. The van der Waals surface area contributed by atoms with Crippen molar-refractivity contribution in [1.82, 2.24) is 20.4 Å². The van der Waals surface area contributed by atoms with Gasteiger partial charge in [-0.15, -0.1) is 0 Å². The van der Waals surface area contributed by atoms with Crippen molar-refractivity contribution in [3.05, 3.63) is 0 Å². The van der Waals surface area contributed by atoms with Gasteiger partial charge in [-0.25, -0.2) is 4.99 Å². The molecule has 1 amide bonds. The van der Waals surface area contributed by atoms with Crippen LogP contribution in [0.1, 0.15) is 39.5 Å². The number of carbonyl (C=O) groups is 1. The Labute approximate surface area is 152 Å². The minimum absolute atomic E-state index is 0.00726. The first-order valence-corrected chi connectivity index (χ1v) is 9.56. The quantitative estimate of drug-likeness (QED) is 0.542. The summed E-state index contributed by atoms with van der Waals surface area (Å²) in [6.07, 6.45) is 4.66. The van der Waals surface area contributed by atoms with Crippen molar-refractivity contribution in [3.8, 4) is 0 Å². The largest absolute Gasteiger partial charge is 0.376 e. The highest BCUT2D eigenvalue weighted by molar-refractivity contribution is 5.84. The Morgan fingerprint density at radius 1 is 1.28 bits per heavy atom. The fourth-order valence-electron chi connectivity index (χ4n) is 3.21. The highest BCUT2D eigenvalue weighted by Crippen LogP contribution is 2.13. The monoisotopic (exact) mass is 353 g/mol. The van der Waals surface area contributed by atoms with Gasteiger partial charge in [0.1, 0.15) is 6.54 Å². The summed E-state index contributed by atoms with van der Waals surface area (Å²) < 4.78 is 5.67. The van der Waals surface area contributed by atoms with Gasteiger partial charge in [0.15, 0.2) is 5.96 Å². The zero-order chi connectivity index (χ0) is 18.2. The van der Waals surface area contributed by atoms with Crippen molar-refractivity contribution >= 4 is 11.9 Å². The lowest BCUT2D eigenvalue weighted by molar-refractivity contribution is -0.127. The molecule has 2 N–H and O–H groups in total. The minimum Gasteiger partial charge on any atom is -0.376 e. The third-order valence-corrected chi connectivity index (χ3v) is 4.99. The zero-order valence-corrected chi connectivity index (χ0v) is 16.3. The highest BCUT2D eigenvalue weighted by atomic mass is 16.5. The van der Waals surface area contributed by atoms with Crippen molar-refractivity contribution in [2.45, 2.75) is 57.7 Å². The van der Waals surface area contributed by atoms with Crippen LogP contribution in [0.4, 0.5) is 0 Å². The summed E-state index contributed by atoms with van der Waals surface area (Å²) in [6, 6.07) is 1.00. The molecule has 0 spiro atoms. The zero-order valence-electron chi connectivity index (χ0n) is 16.3. The van der Waals surface area contributed by atoms with Crippen molar-refractivity contribution in [1.29, 1.82) is 0 Å². The molecule has 2 saturated heterocycles. The van der Waals surface area contributed by atoms with Crippen LogP contribution < -0.4 is 10.6 Å². The number of aliphatic imine (C=N–C) groups is 1. The first kappa shape index (κ1) is 20.0. The van der Waals surface area contributed by atoms with E-state index in [0.717, 1.165) is 57.9 Å². The standard InChI is InChI=1S/C18H35N5O2/c1-14(2)23-9-7-15(8-10-23)21-18(20-13-17(24)22(3)4)19-12-16-6-5-11-25-16/h14-16H,5-13H2,1-4H3,(H2,19,20,21). The third-order valence-electron chi connectivity index (χ3n) is 4.99. The topological polar surface area (TPSA) is 69.2 Å². The van der Waals surface area contributed by atoms with Gasteiger partial charge < -0.3 is 25.2 Å². The Kier molecular flexibility index (Phi) is 7.96. The van der Waals surface area contributed by atoms with Crippen LogP contribution in [0.15, 0.2) is 4.99 Å². The molecule has 2 aliphatic heterocycles. The van der Waals surface area contributed by atoms with Gasteiger partial charge >= 0.3 is 0 Å². The molecule has 0 saturated carbocycles. The van der Waals surface area contributed by atoms with E-state index in [2.05, 4.69) is 34.4 Å². The van der Waals surface area contributed by atoms with Crippen molar-refractivity contribution < 1.29 is 9.53 Å². The van der Waals surface area contributed by atoms with Crippen molar-refractivity contribution in [2.75, 3.05) is 46.9 Å². The number of rotatable bonds is 6. The van der Waals surface area contributed by atoms with E-state index in [4.69, 9.17) is 4.74 Å². The Morgan fingerprint density at radius 2 is 2.00 bits per heavy atom. The van der Waals surface area contributed by atoms with Gasteiger partial charge in [0, 0.05) is 52.4 Å². The average molecular weight is 354 g/mol. The van der Waals surface area contributed by atoms with Crippen LogP contribution in [0.2, 0.25) is 0 Å². The number of piperidine rings is 1. The summed E-state index contributed by atoms with van der Waals surface area (Å²) in [6.45, 7) is 8.45. The van der Waals surface area contributed by atoms with E-state index in [1.54, 1.807) is 19.0 Å². The number of amides is 1. The second kappa shape index (κ2) is 9.97. The summed E-state index contributed by atoms with van der Waals surface area (Å²) in [4.78, 5) is 20.4. The van der Waals surface area contributed by atoms with E-state index >= 15 is 0 Å². The Morgan fingerprint density at radius 3 is 2.56 bits per heavy atom. The maximum atomic E-state index is 11.8. The summed E-state index contributed by atoms with van der Waals surface area (Å²) in [5, 5.41) is 6.89. The molecule has 0 bridgehead atoms. The molecule has 144 valence electrons. The number of nitrogens with zero attached hydrogens (tertiary/aromatic N) is 3. The van der Waals surface area contributed by atoms with E-state index in [9.17, 15) is 4.79 Å². The van der Waals surface area contributed by atoms with Crippen LogP contribution >= 0.6 is 0 Å². The molecule has 0 aromatic heterocycles. The van der Waals surface area contributed by atoms with E-state index in [1.165, 1.54) is 0 Å². The molecular formula is C18H35N5O2. The molecular weight excluding hydrogens is 318 g/mol. The highest BCUT2D eigenvalue weighted by Gasteiger charge is 2.22. The third kappa shape index (κ3) is 6.82. The molecule has 7 nitrogen and oxygen atoms in total. The van der Waals surface area contributed by atoms with Crippen LogP contribution in [-0.2, 0) is 9.53 Å². The van der Waals surface area contributed by atoms with Gasteiger partial charge in [0.25, 0.3) is 0 Å². The van der Waals surface area contributed by atoms with Gasteiger partial charge in [-0.05, 0) is 39.5 Å². The molecule has 7 heteroatoms. The molecule has 25 heavy (non-hydrogen) atoms. The van der Waals surface area contributed by atoms with Gasteiger partial charge in [0.05, 0.1) is 6.10 Å². The van der Waals surface area contributed by atoms with Crippen LogP contribution in [0.25, 0.3) is 0 Å². The molecule has 1 unspecified atom stereocenters. The molecule has 2 rings (SSSR count). The predicted molar refractivity (Wildman–Crippen MR) is 101 cm³/mol. The predicted octanol–water partition coefficient (Wildman–Crippen LogP) is 0.662. The molecule has 0 aliphatic carbocycles. The normalized spacial score (nSPS) is 23.1. The molecule has 2 aliphatic rings. The van der Waals surface area contributed by atoms with Gasteiger partial charge in [-0.3, -0.25) is 4.79 Å². The maximum Gasteiger partial charge on any atom is 0.243 e. The summed E-state index contributed by atoms with van der Waals surface area (Å²) in [5.41, 5.74) is 0.